The Labute approximate surface area is 525 Å². The van der Waals surface area contributed by atoms with E-state index in [0.717, 1.165) is 27.9 Å². The summed E-state index contributed by atoms with van der Waals surface area (Å²) in [4.78, 5) is 62.4. The van der Waals surface area contributed by atoms with Crippen molar-refractivity contribution in [3.63, 3.8) is 0 Å². The standard InChI is InChI=1S/5C15H16O3/c5*1-9(2)7-8-15-13(17)11-6-4-3-5-10(11)12(16)14(15)18-15/h5*3-7,12,14,16H,8H2,1-2H3/t5*12-,14-,15+/m00000/s1. The highest BCUT2D eigenvalue weighted by molar-refractivity contribution is 6.10. The highest BCUT2D eigenvalue weighted by atomic mass is 16.6. The summed E-state index contributed by atoms with van der Waals surface area (Å²) in [5, 5.41) is 51.1. The zero-order valence-electron chi connectivity index (χ0n) is 52.6. The minimum atomic E-state index is -0.814. The molecule has 0 saturated carbocycles. The number of rotatable bonds is 10. The van der Waals surface area contributed by atoms with Crippen LogP contribution in [0.2, 0.25) is 0 Å². The van der Waals surface area contributed by atoms with E-state index in [1.54, 1.807) is 60.7 Å². The number of fused-ring (bicyclic) bond motifs is 10. The lowest BCUT2D eigenvalue weighted by Gasteiger charge is -2.22. The van der Waals surface area contributed by atoms with Gasteiger partial charge >= 0.3 is 0 Å². The van der Waals surface area contributed by atoms with Crippen LogP contribution in [0.25, 0.3) is 0 Å². The smallest absolute Gasteiger partial charge is 0.198 e. The first-order valence-corrected chi connectivity index (χ1v) is 31.0. The van der Waals surface area contributed by atoms with Gasteiger partial charge in [-0.05, 0) is 97.1 Å². The minimum absolute atomic E-state index is 0.00546. The number of benzene rings is 5. The monoisotopic (exact) mass is 1220 g/mol. The number of carbonyl (C=O) groups excluding carboxylic acids is 5. The molecule has 5 heterocycles. The van der Waals surface area contributed by atoms with E-state index in [1.807, 2.05) is 160 Å². The van der Waals surface area contributed by atoms with Crippen molar-refractivity contribution in [3.8, 4) is 0 Å². The van der Waals surface area contributed by atoms with Gasteiger partial charge in [-0.3, -0.25) is 24.0 Å². The van der Waals surface area contributed by atoms with E-state index in [9.17, 15) is 49.5 Å². The van der Waals surface area contributed by atoms with Gasteiger partial charge in [0.05, 0.1) is 0 Å². The third-order valence-electron chi connectivity index (χ3n) is 18.7. The van der Waals surface area contributed by atoms with E-state index in [-0.39, 0.29) is 59.4 Å². The Morgan fingerprint density at radius 1 is 0.289 bits per heavy atom. The summed E-state index contributed by atoms with van der Waals surface area (Å²) in [6.45, 7) is 19.9. The lowest BCUT2D eigenvalue weighted by molar-refractivity contribution is 0.0857. The Morgan fingerprint density at radius 2 is 0.433 bits per heavy atom. The number of hydrogen-bond acceptors (Lipinski definition) is 15. The van der Waals surface area contributed by atoms with Crippen LogP contribution in [0.3, 0.4) is 0 Å². The third kappa shape index (κ3) is 11.3. The average molecular weight is 1220 g/mol. The summed E-state index contributed by atoms with van der Waals surface area (Å²) in [7, 11) is 0. The molecule has 0 spiro atoms. The molecule has 5 saturated heterocycles. The first kappa shape index (κ1) is 64.3. The molecule has 5 aliphatic heterocycles. The molecule has 0 unspecified atom stereocenters. The lowest BCUT2D eigenvalue weighted by atomic mass is 9.79. The molecule has 15 rings (SSSR count). The summed E-state index contributed by atoms with van der Waals surface area (Å²) in [6, 6.07) is 36.1. The normalized spacial score (nSPS) is 32.5. The highest BCUT2D eigenvalue weighted by Gasteiger charge is 2.71. The van der Waals surface area contributed by atoms with Crippen LogP contribution in [0, 0.1) is 0 Å². The fourth-order valence-electron chi connectivity index (χ4n) is 13.3. The molecule has 5 fully saturated rings. The second kappa shape index (κ2) is 24.4. The third-order valence-corrected chi connectivity index (χ3v) is 18.7. The summed E-state index contributed by atoms with van der Waals surface area (Å²) in [6.07, 6.45) is 7.37. The SMILES string of the molecule is CC(C)=CC[C@]12O[C@H]1[C@@H](O)c1ccccc1C2=O.CC(C)=CC[C@]12O[C@H]1[C@@H](O)c1ccccc1C2=O.CC(C)=CC[C@]12O[C@H]1[C@@H](O)c1ccccc1C2=O.CC(C)=CC[C@]12O[C@H]1[C@@H](O)c1ccccc1C2=O.CC(C)=CC[C@]12O[C@H]1[C@@H](O)c1ccccc1C2=O. The molecule has 0 bridgehead atoms. The quantitative estimate of drug-likeness (QED) is 0.0644. The molecule has 0 aromatic heterocycles. The van der Waals surface area contributed by atoms with E-state index in [1.165, 1.54) is 0 Å². The topological polar surface area (TPSA) is 249 Å². The molecule has 15 atom stereocenters. The van der Waals surface area contributed by atoms with Crippen molar-refractivity contribution in [2.75, 3.05) is 0 Å². The fraction of sp³-hybridized carbons (Fsp3) is 0.400. The van der Waals surface area contributed by atoms with Crippen molar-refractivity contribution in [1.29, 1.82) is 0 Å². The molecule has 470 valence electrons. The number of epoxide rings is 5. The van der Waals surface area contributed by atoms with Gasteiger partial charge in [-0.15, -0.1) is 0 Å². The van der Waals surface area contributed by atoms with Crippen LogP contribution in [0.15, 0.2) is 180 Å². The minimum Gasteiger partial charge on any atom is -0.386 e. The maximum absolute atomic E-state index is 12.5. The van der Waals surface area contributed by atoms with Crippen molar-refractivity contribution >= 4 is 28.9 Å². The van der Waals surface area contributed by atoms with E-state index >= 15 is 0 Å². The lowest BCUT2D eigenvalue weighted by Crippen LogP contribution is -2.35. The molecular weight excluding hydrogens is 1140 g/mol. The molecule has 10 aliphatic rings. The zero-order valence-corrected chi connectivity index (χ0v) is 52.6. The van der Waals surface area contributed by atoms with Gasteiger partial charge in [0.25, 0.3) is 0 Å². The van der Waals surface area contributed by atoms with Gasteiger partial charge in [0, 0.05) is 59.9 Å². The van der Waals surface area contributed by atoms with Crippen LogP contribution in [-0.2, 0) is 23.7 Å². The molecule has 5 aromatic carbocycles. The Kier molecular flexibility index (Phi) is 17.4. The van der Waals surface area contributed by atoms with Crippen LogP contribution in [-0.4, -0.2) is 113 Å². The summed E-state index contributed by atoms with van der Waals surface area (Å²) >= 11 is 0. The first-order chi connectivity index (χ1) is 42.8. The van der Waals surface area contributed by atoms with Crippen molar-refractivity contribution in [3.05, 3.63) is 235 Å². The number of aliphatic hydroxyl groups excluding tert-OH is 5. The molecule has 5 N–H and O–H groups in total. The second-order valence-corrected chi connectivity index (χ2v) is 26.4. The largest absolute Gasteiger partial charge is 0.386 e. The van der Waals surface area contributed by atoms with Crippen molar-refractivity contribution in [2.24, 2.45) is 0 Å². The molecule has 0 radical (unpaired) electrons. The Balaban J connectivity index is 0.000000116. The van der Waals surface area contributed by atoms with Crippen LogP contribution >= 0.6 is 0 Å². The van der Waals surface area contributed by atoms with Gasteiger partial charge in [-0.1, -0.05) is 180 Å². The van der Waals surface area contributed by atoms with E-state index in [0.29, 0.717) is 87.7 Å². The Morgan fingerprint density at radius 3 is 0.578 bits per heavy atom. The maximum Gasteiger partial charge on any atom is 0.198 e. The van der Waals surface area contributed by atoms with E-state index < -0.39 is 58.5 Å². The van der Waals surface area contributed by atoms with Gasteiger partial charge in [0.2, 0.25) is 0 Å². The molecule has 5 aromatic rings. The summed E-state index contributed by atoms with van der Waals surface area (Å²) in [5.74, 6) is 0.0273. The van der Waals surface area contributed by atoms with E-state index in [2.05, 4.69) is 0 Å². The number of ketones is 5. The van der Waals surface area contributed by atoms with Crippen LogP contribution in [0.5, 0.6) is 0 Å². The number of hydrogen-bond donors (Lipinski definition) is 5. The molecule has 15 heteroatoms. The van der Waals surface area contributed by atoms with Crippen LogP contribution in [0.1, 0.15) is 211 Å². The zero-order chi connectivity index (χ0) is 64.6. The predicted octanol–water partition coefficient (Wildman–Crippen LogP) is 12.1. The van der Waals surface area contributed by atoms with Gasteiger partial charge in [0.15, 0.2) is 56.9 Å². The van der Waals surface area contributed by atoms with Crippen LogP contribution in [0.4, 0.5) is 0 Å². The number of carbonyl (C=O) groups is 5. The molecule has 0 amide bonds. The maximum atomic E-state index is 12.5. The van der Waals surface area contributed by atoms with Gasteiger partial charge in [-0.2, -0.15) is 0 Å². The van der Waals surface area contributed by atoms with Gasteiger partial charge in [-0.25, -0.2) is 0 Å². The first-order valence-electron chi connectivity index (χ1n) is 31.0. The highest BCUT2D eigenvalue weighted by Crippen LogP contribution is 2.58. The van der Waals surface area contributed by atoms with Gasteiger partial charge in [0.1, 0.15) is 61.0 Å². The second-order valence-electron chi connectivity index (χ2n) is 26.4. The Bertz CT molecular complexity index is 3290. The number of aliphatic hydroxyl groups is 5. The van der Waals surface area contributed by atoms with E-state index in [4.69, 9.17) is 23.7 Å². The molecule has 5 aliphatic carbocycles. The van der Waals surface area contributed by atoms with Crippen LogP contribution < -0.4 is 0 Å². The van der Waals surface area contributed by atoms with Crippen molar-refractivity contribution < 1.29 is 73.2 Å². The summed E-state index contributed by atoms with van der Waals surface area (Å²) < 4.78 is 27.9. The van der Waals surface area contributed by atoms with Crippen molar-refractivity contribution in [1.82, 2.24) is 0 Å². The molecular formula is C75H80O15. The predicted molar refractivity (Wildman–Crippen MR) is 337 cm³/mol. The number of Topliss-reactive ketones (excluding diaryl/α,β-unsaturated/α-hetero) is 5. The molecule has 15 nitrogen and oxygen atoms in total. The van der Waals surface area contributed by atoms with Gasteiger partial charge < -0.3 is 49.2 Å². The summed E-state index contributed by atoms with van der Waals surface area (Å²) in [5.41, 5.74) is 8.14. The number of ether oxygens (including phenoxy) is 5. The fourth-order valence-corrected chi connectivity index (χ4v) is 13.3. The Hall–Kier alpha value is -7.25. The average Bonchev–Trinajstić information content (AvgIpc) is 1.59. The molecule has 90 heavy (non-hydrogen) atoms. The number of allylic oxidation sites excluding steroid dienone is 5. The van der Waals surface area contributed by atoms with Crippen molar-refractivity contribution in [2.45, 2.75) is 190 Å².